The molecule has 0 atom stereocenters. The molecule has 0 bridgehead atoms. The topological polar surface area (TPSA) is 56.5 Å². The van der Waals surface area contributed by atoms with E-state index in [-0.39, 0.29) is 0 Å². The van der Waals surface area contributed by atoms with Gasteiger partial charge in [-0.2, -0.15) is 0 Å². The van der Waals surface area contributed by atoms with Gasteiger partial charge < -0.3 is 4.57 Å². The lowest BCUT2D eigenvalue weighted by Crippen LogP contribution is -2.02. The number of thiophene rings is 1. The summed E-state index contributed by atoms with van der Waals surface area (Å²) in [7, 11) is 0. The number of para-hydroxylation sites is 2. The van der Waals surface area contributed by atoms with Crippen LogP contribution in [0, 0.1) is 0 Å². The van der Waals surface area contributed by atoms with Crippen molar-refractivity contribution in [3.8, 4) is 73.4 Å². The van der Waals surface area contributed by atoms with Crippen LogP contribution in [0.25, 0.3) is 115 Å². The van der Waals surface area contributed by atoms with E-state index in [0.29, 0.717) is 17.5 Å². The highest BCUT2D eigenvalue weighted by molar-refractivity contribution is 7.26. The summed E-state index contributed by atoms with van der Waals surface area (Å²) >= 11 is 1.81. The Hall–Kier alpha value is -8.06. The molecule has 0 saturated carbocycles. The maximum Gasteiger partial charge on any atom is 0.166 e. The highest BCUT2D eigenvalue weighted by Gasteiger charge is 2.22. The Kier molecular flexibility index (Phi) is 8.61. The Morgan fingerprint density at radius 2 is 0.919 bits per heavy atom. The Morgan fingerprint density at radius 1 is 0.355 bits per heavy atom. The van der Waals surface area contributed by atoms with Gasteiger partial charge in [-0.1, -0.05) is 164 Å². The number of hydrogen-bond acceptors (Lipinski definition) is 5. The molecule has 4 aromatic heterocycles. The molecule has 0 aliphatic carbocycles. The third-order valence-corrected chi connectivity index (χ3v) is 12.9. The molecule has 62 heavy (non-hydrogen) atoms. The van der Waals surface area contributed by atoms with Crippen molar-refractivity contribution in [2.75, 3.05) is 0 Å². The average Bonchev–Trinajstić information content (AvgIpc) is 3.89. The second kappa shape index (κ2) is 14.9. The summed E-state index contributed by atoms with van der Waals surface area (Å²) in [5, 5.41) is 4.87. The number of fused-ring (bicyclic) bond motifs is 6. The smallest absolute Gasteiger partial charge is 0.166 e. The fourth-order valence-corrected chi connectivity index (χ4v) is 9.98. The number of nitrogens with zero attached hydrogens (tertiary/aromatic N) is 5. The van der Waals surface area contributed by atoms with Gasteiger partial charge in [0.05, 0.1) is 16.7 Å². The van der Waals surface area contributed by atoms with Crippen LogP contribution in [-0.2, 0) is 0 Å². The molecule has 0 aliphatic heterocycles. The van der Waals surface area contributed by atoms with Crippen molar-refractivity contribution in [3.63, 3.8) is 0 Å². The van der Waals surface area contributed by atoms with Crippen LogP contribution in [0.5, 0.6) is 0 Å². The van der Waals surface area contributed by atoms with E-state index in [1.807, 2.05) is 84.3 Å². The molecule has 0 saturated heterocycles. The van der Waals surface area contributed by atoms with Gasteiger partial charge in [0.2, 0.25) is 0 Å². The molecule has 5 nitrogen and oxygen atoms in total. The van der Waals surface area contributed by atoms with Gasteiger partial charge in [-0.15, -0.1) is 11.3 Å². The van der Waals surface area contributed by atoms with Crippen LogP contribution >= 0.6 is 11.3 Å². The minimum atomic E-state index is 0.563. The van der Waals surface area contributed by atoms with Crippen LogP contribution in [0.1, 0.15) is 0 Å². The molecule has 0 unspecified atom stereocenters. The second-order valence-electron chi connectivity index (χ2n) is 15.4. The first-order valence-electron chi connectivity index (χ1n) is 20.7. The molecular weight excluding hydrogens is 775 g/mol. The number of rotatable bonds is 7. The maximum atomic E-state index is 5.37. The normalized spacial score (nSPS) is 11.5. The van der Waals surface area contributed by atoms with Crippen LogP contribution in [0.15, 0.2) is 212 Å². The molecule has 0 spiro atoms. The van der Waals surface area contributed by atoms with Crippen molar-refractivity contribution in [3.05, 3.63) is 212 Å². The molecule has 0 aliphatic rings. The molecule has 290 valence electrons. The number of hydrogen-bond donors (Lipinski definition) is 0. The average molecular weight is 810 g/mol. The van der Waals surface area contributed by atoms with Gasteiger partial charge in [0.15, 0.2) is 17.5 Å². The van der Waals surface area contributed by atoms with Gasteiger partial charge in [-0.25, -0.2) is 15.0 Å². The first kappa shape index (κ1) is 35.8. The Balaban J connectivity index is 1.10. The summed E-state index contributed by atoms with van der Waals surface area (Å²) in [4.78, 5) is 20.9. The number of pyridine rings is 1. The predicted octanol–water partition coefficient (Wildman–Crippen LogP) is 14.7. The first-order chi connectivity index (χ1) is 30.7. The van der Waals surface area contributed by atoms with E-state index < -0.39 is 0 Å². The van der Waals surface area contributed by atoms with Gasteiger partial charge in [-0.3, -0.25) is 4.98 Å². The van der Waals surface area contributed by atoms with Gasteiger partial charge in [0, 0.05) is 70.6 Å². The molecule has 4 heterocycles. The lowest BCUT2D eigenvalue weighted by Gasteiger charge is -2.14. The monoisotopic (exact) mass is 809 g/mol. The third-order valence-electron chi connectivity index (χ3n) is 11.7. The standard InChI is InChI=1S/C56H35N5S/c1-5-17-36(18-6-1)39-23-15-24-40(31-39)41-32-48(56-59-54(37-19-7-2-8-20-37)58-55(60-56)38-21-9-3-10-22-38)52(57-35-41)45-29-16-28-44-47-33-50-46(34-51(47)62-53(44)45)43-27-13-14-30-49(43)61(50)42-25-11-4-12-26-42/h1-35H. The fourth-order valence-electron chi connectivity index (χ4n) is 8.75. The van der Waals surface area contributed by atoms with Gasteiger partial charge >= 0.3 is 0 Å². The highest BCUT2D eigenvalue weighted by atomic mass is 32.1. The highest BCUT2D eigenvalue weighted by Crippen LogP contribution is 2.45. The van der Waals surface area contributed by atoms with E-state index in [0.717, 1.165) is 55.9 Å². The second-order valence-corrected chi connectivity index (χ2v) is 16.5. The van der Waals surface area contributed by atoms with E-state index >= 15 is 0 Å². The SMILES string of the molecule is c1ccc(-c2cccc(-c3cnc(-c4cccc5c4sc4cc6c7ccccc7n(-c7ccccc7)c6cc45)c(-c4nc(-c5ccccc5)nc(-c5ccccc5)n4)c3)c2)cc1. The van der Waals surface area contributed by atoms with Crippen LogP contribution in [0.2, 0.25) is 0 Å². The van der Waals surface area contributed by atoms with Crippen LogP contribution < -0.4 is 0 Å². The summed E-state index contributed by atoms with van der Waals surface area (Å²) in [6.45, 7) is 0. The lowest BCUT2D eigenvalue weighted by molar-refractivity contribution is 1.07. The van der Waals surface area contributed by atoms with Gasteiger partial charge in [0.25, 0.3) is 0 Å². The number of aromatic nitrogens is 5. The van der Waals surface area contributed by atoms with Crippen molar-refractivity contribution in [1.29, 1.82) is 0 Å². The third kappa shape index (κ3) is 6.16. The predicted molar refractivity (Wildman–Crippen MR) is 257 cm³/mol. The van der Waals surface area contributed by atoms with Crippen molar-refractivity contribution in [2.24, 2.45) is 0 Å². The number of benzene rings is 8. The van der Waals surface area contributed by atoms with Crippen LogP contribution in [0.4, 0.5) is 0 Å². The molecule has 0 fully saturated rings. The summed E-state index contributed by atoms with van der Waals surface area (Å²) in [5.74, 6) is 1.78. The minimum Gasteiger partial charge on any atom is -0.309 e. The van der Waals surface area contributed by atoms with Gasteiger partial charge in [-0.05, 0) is 59.2 Å². The zero-order valence-electron chi connectivity index (χ0n) is 33.4. The molecule has 0 amide bonds. The fraction of sp³-hybridized carbons (Fsp3) is 0. The van der Waals surface area contributed by atoms with E-state index in [1.165, 1.54) is 42.0 Å². The molecule has 8 aromatic carbocycles. The Bertz CT molecular complexity index is 3560. The lowest BCUT2D eigenvalue weighted by atomic mass is 9.96. The van der Waals surface area contributed by atoms with Crippen LogP contribution in [-0.4, -0.2) is 24.5 Å². The first-order valence-corrected chi connectivity index (χ1v) is 21.5. The van der Waals surface area contributed by atoms with E-state index in [4.69, 9.17) is 19.9 Å². The van der Waals surface area contributed by atoms with Gasteiger partial charge in [0.1, 0.15) is 0 Å². The van der Waals surface area contributed by atoms with E-state index in [2.05, 4.69) is 144 Å². The quantitative estimate of drug-likeness (QED) is 0.161. The Morgan fingerprint density at radius 3 is 1.63 bits per heavy atom. The maximum absolute atomic E-state index is 5.37. The largest absolute Gasteiger partial charge is 0.309 e. The zero-order chi connectivity index (χ0) is 41.0. The van der Waals surface area contributed by atoms with E-state index in [9.17, 15) is 0 Å². The molecule has 0 N–H and O–H groups in total. The summed E-state index contributed by atoms with van der Waals surface area (Å²) in [5.41, 5.74) is 12.4. The summed E-state index contributed by atoms with van der Waals surface area (Å²) in [6.07, 6.45) is 2.00. The molecule has 12 aromatic rings. The molecule has 6 heteroatoms. The minimum absolute atomic E-state index is 0.563. The molecular formula is C56H35N5S. The van der Waals surface area contributed by atoms with Crippen molar-refractivity contribution in [2.45, 2.75) is 0 Å². The molecule has 0 radical (unpaired) electrons. The van der Waals surface area contributed by atoms with Crippen LogP contribution in [0.3, 0.4) is 0 Å². The summed E-state index contributed by atoms with van der Waals surface area (Å²) in [6, 6.07) is 72.3. The molecule has 12 rings (SSSR count). The zero-order valence-corrected chi connectivity index (χ0v) is 34.2. The Labute approximate surface area is 361 Å². The summed E-state index contributed by atoms with van der Waals surface area (Å²) < 4.78 is 4.78. The van der Waals surface area contributed by atoms with Crippen molar-refractivity contribution in [1.82, 2.24) is 24.5 Å². The van der Waals surface area contributed by atoms with E-state index in [1.54, 1.807) is 0 Å². The van der Waals surface area contributed by atoms with Crippen molar-refractivity contribution < 1.29 is 0 Å². The van der Waals surface area contributed by atoms with Crippen molar-refractivity contribution >= 4 is 53.3 Å².